The van der Waals surface area contributed by atoms with Crippen LogP contribution >= 0.6 is 0 Å². The molecule has 116 valence electrons. The molecule has 0 radical (unpaired) electrons. The summed E-state index contributed by atoms with van der Waals surface area (Å²) in [4.78, 5) is 13.8. The molecule has 0 heterocycles. The SMILES string of the molecule is CNC(=O)c1ccc(CN(C)Cc2cc(C)ccc2C)cc1. The van der Waals surface area contributed by atoms with E-state index in [0.717, 1.165) is 13.1 Å². The zero-order valence-corrected chi connectivity index (χ0v) is 13.8. The second-order valence-electron chi connectivity index (χ2n) is 5.88. The first-order valence-electron chi connectivity index (χ1n) is 7.55. The van der Waals surface area contributed by atoms with E-state index in [2.05, 4.69) is 49.3 Å². The zero-order valence-electron chi connectivity index (χ0n) is 13.8. The van der Waals surface area contributed by atoms with Gasteiger partial charge in [0.25, 0.3) is 5.91 Å². The third-order valence-corrected chi connectivity index (χ3v) is 3.84. The van der Waals surface area contributed by atoms with Gasteiger partial charge in [0.1, 0.15) is 0 Å². The van der Waals surface area contributed by atoms with Crippen molar-refractivity contribution in [1.29, 1.82) is 0 Å². The van der Waals surface area contributed by atoms with Crippen LogP contribution in [0.5, 0.6) is 0 Å². The normalized spacial score (nSPS) is 10.8. The van der Waals surface area contributed by atoms with Crippen LogP contribution in [-0.2, 0) is 13.1 Å². The molecule has 1 N–H and O–H groups in total. The number of nitrogens with one attached hydrogen (secondary N) is 1. The molecule has 0 atom stereocenters. The molecule has 0 aromatic heterocycles. The molecule has 0 aliphatic heterocycles. The van der Waals surface area contributed by atoms with Crippen molar-refractivity contribution in [2.45, 2.75) is 26.9 Å². The second-order valence-corrected chi connectivity index (χ2v) is 5.88. The molecule has 3 heteroatoms. The van der Waals surface area contributed by atoms with Crippen molar-refractivity contribution in [1.82, 2.24) is 10.2 Å². The molecule has 22 heavy (non-hydrogen) atoms. The Labute approximate surface area is 133 Å². The van der Waals surface area contributed by atoms with Crippen LogP contribution in [0, 0.1) is 13.8 Å². The molecule has 2 aromatic rings. The van der Waals surface area contributed by atoms with E-state index in [9.17, 15) is 4.79 Å². The van der Waals surface area contributed by atoms with Gasteiger partial charge in [0.05, 0.1) is 0 Å². The highest BCUT2D eigenvalue weighted by atomic mass is 16.1. The highest BCUT2D eigenvalue weighted by molar-refractivity contribution is 5.93. The van der Waals surface area contributed by atoms with Gasteiger partial charge in [-0.25, -0.2) is 0 Å². The Morgan fingerprint density at radius 1 is 1.05 bits per heavy atom. The lowest BCUT2D eigenvalue weighted by Gasteiger charge is -2.18. The second kappa shape index (κ2) is 7.23. The lowest BCUT2D eigenvalue weighted by atomic mass is 10.0. The van der Waals surface area contributed by atoms with Crippen molar-refractivity contribution in [3.8, 4) is 0 Å². The molecule has 0 fully saturated rings. The summed E-state index contributed by atoms with van der Waals surface area (Å²) in [6.45, 7) is 6.06. The van der Waals surface area contributed by atoms with Gasteiger partial charge in [-0.3, -0.25) is 9.69 Å². The number of carbonyl (C=O) groups excluding carboxylic acids is 1. The van der Waals surface area contributed by atoms with Crippen LogP contribution in [0.15, 0.2) is 42.5 Å². The molecule has 0 saturated heterocycles. The Kier molecular flexibility index (Phi) is 5.34. The van der Waals surface area contributed by atoms with Crippen molar-refractivity contribution in [2.75, 3.05) is 14.1 Å². The Balaban J connectivity index is 2.01. The van der Waals surface area contributed by atoms with E-state index in [-0.39, 0.29) is 5.91 Å². The number of nitrogens with zero attached hydrogens (tertiary/aromatic N) is 1. The number of hydrogen-bond donors (Lipinski definition) is 1. The third kappa shape index (κ3) is 4.18. The van der Waals surface area contributed by atoms with Crippen molar-refractivity contribution in [2.24, 2.45) is 0 Å². The van der Waals surface area contributed by atoms with Crippen LogP contribution in [-0.4, -0.2) is 24.9 Å². The number of hydrogen-bond acceptors (Lipinski definition) is 2. The molecule has 0 saturated carbocycles. The average molecular weight is 296 g/mol. The zero-order chi connectivity index (χ0) is 16.1. The molecule has 1 amide bonds. The maximum Gasteiger partial charge on any atom is 0.251 e. The standard InChI is InChI=1S/C19H24N2O/c1-14-5-6-15(2)18(11-14)13-21(4)12-16-7-9-17(10-8-16)19(22)20-3/h5-11H,12-13H2,1-4H3,(H,20,22). The highest BCUT2D eigenvalue weighted by Crippen LogP contribution is 2.14. The quantitative estimate of drug-likeness (QED) is 0.918. The molecule has 3 nitrogen and oxygen atoms in total. The Morgan fingerprint density at radius 2 is 1.73 bits per heavy atom. The maximum absolute atomic E-state index is 11.5. The fourth-order valence-electron chi connectivity index (χ4n) is 2.53. The summed E-state index contributed by atoms with van der Waals surface area (Å²) >= 11 is 0. The number of benzene rings is 2. The molecule has 0 unspecified atom stereocenters. The monoisotopic (exact) mass is 296 g/mol. The van der Waals surface area contributed by atoms with Crippen molar-refractivity contribution < 1.29 is 4.79 Å². The summed E-state index contributed by atoms with van der Waals surface area (Å²) in [6.07, 6.45) is 0. The smallest absolute Gasteiger partial charge is 0.251 e. The van der Waals surface area contributed by atoms with Crippen LogP contribution < -0.4 is 5.32 Å². The van der Waals surface area contributed by atoms with E-state index in [1.165, 1.54) is 22.3 Å². The first-order chi connectivity index (χ1) is 10.5. The van der Waals surface area contributed by atoms with Crippen LogP contribution in [0.3, 0.4) is 0 Å². The maximum atomic E-state index is 11.5. The van der Waals surface area contributed by atoms with E-state index < -0.39 is 0 Å². The lowest BCUT2D eigenvalue weighted by Crippen LogP contribution is -2.19. The van der Waals surface area contributed by atoms with Crippen molar-refractivity contribution in [3.05, 3.63) is 70.3 Å². The van der Waals surface area contributed by atoms with Gasteiger partial charge in [-0.15, -0.1) is 0 Å². The number of amides is 1. The van der Waals surface area contributed by atoms with Crippen molar-refractivity contribution in [3.63, 3.8) is 0 Å². The minimum Gasteiger partial charge on any atom is -0.355 e. The summed E-state index contributed by atoms with van der Waals surface area (Å²) < 4.78 is 0. The van der Waals surface area contributed by atoms with Gasteiger partial charge < -0.3 is 5.32 Å². The molecule has 0 aliphatic carbocycles. The van der Waals surface area contributed by atoms with Crippen LogP contribution in [0.1, 0.15) is 32.6 Å². The van der Waals surface area contributed by atoms with E-state index in [1.807, 2.05) is 24.3 Å². The first kappa shape index (κ1) is 16.2. The summed E-state index contributed by atoms with van der Waals surface area (Å²) in [5.41, 5.74) is 5.89. The van der Waals surface area contributed by atoms with Gasteiger partial charge in [0, 0.05) is 25.7 Å². The Bertz CT molecular complexity index is 647. The minimum absolute atomic E-state index is 0.0460. The van der Waals surface area contributed by atoms with Gasteiger partial charge in [-0.05, 0) is 49.7 Å². The molecule has 2 rings (SSSR count). The fraction of sp³-hybridized carbons (Fsp3) is 0.316. The average Bonchev–Trinajstić information content (AvgIpc) is 2.51. The van der Waals surface area contributed by atoms with Crippen LogP contribution in [0.4, 0.5) is 0 Å². The summed E-state index contributed by atoms with van der Waals surface area (Å²) in [5.74, 6) is -0.0460. The Morgan fingerprint density at radius 3 is 2.36 bits per heavy atom. The largest absolute Gasteiger partial charge is 0.355 e. The third-order valence-electron chi connectivity index (χ3n) is 3.84. The fourth-order valence-corrected chi connectivity index (χ4v) is 2.53. The number of rotatable bonds is 5. The summed E-state index contributed by atoms with van der Waals surface area (Å²) in [6, 6.07) is 14.4. The predicted molar refractivity (Wildman–Crippen MR) is 90.9 cm³/mol. The van der Waals surface area contributed by atoms with Gasteiger partial charge in [0.2, 0.25) is 0 Å². The first-order valence-corrected chi connectivity index (χ1v) is 7.55. The topological polar surface area (TPSA) is 32.3 Å². The van der Waals surface area contributed by atoms with Gasteiger partial charge in [-0.1, -0.05) is 35.9 Å². The molecule has 0 bridgehead atoms. The van der Waals surface area contributed by atoms with Gasteiger partial charge in [0.15, 0.2) is 0 Å². The lowest BCUT2D eigenvalue weighted by molar-refractivity contribution is 0.0963. The van der Waals surface area contributed by atoms with E-state index in [1.54, 1.807) is 7.05 Å². The van der Waals surface area contributed by atoms with Gasteiger partial charge >= 0.3 is 0 Å². The highest BCUT2D eigenvalue weighted by Gasteiger charge is 2.06. The van der Waals surface area contributed by atoms with Gasteiger partial charge in [-0.2, -0.15) is 0 Å². The number of aryl methyl sites for hydroxylation is 2. The molecular formula is C19H24N2O. The Hall–Kier alpha value is -2.13. The summed E-state index contributed by atoms with van der Waals surface area (Å²) in [5, 5.41) is 2.64. The summed E-state index contributed by atoms with van der Waals surface area (Å²) in [7, 11) is 3.77. The van der Waals surface area contributed by atoms with E-state index in [4.69, 9.17) is 0 Å². The van der Waals surface area contributed by atoms with E-state index in [0.29, 0.717) is 5.56 Å². The molecular weight excluding hydrogens is 272 g/mol. The minimum atomic E-state index is -0.0460. The van der Waals surface area contributed by atoms with Crippen LogP contribution in [0.2, 0.25) is 0 Å². The predicted octanol–water partition coefficient (Wildman–Crippen LogP) is 3.30. The van der Waals surface area contributed by atoms with Crippen LogP contribution in [0.25, 0.3) is 0 Å². The molecule has 2 aromatic carbocycles. The van der Waals surface area contributed by atoms with E-state index >= 15 is 0 Å². The van der Waals surface area contributed by atoms with Crippen molar-refractivity contribution >= 4 is 5.91 Å². The molecule has 0 aliphatic rings. The molecule has 0 spiro atoms. The number of carbonyl (C=O) groups is 1.